The number of hydrogen-bond donors (Lipinski definition) is 3. The van der Waals surface area contributed by atoms with E-state index in [0.717, 1.165) is 10.5 Å². The van der Waals surface area contributed by atoms with Gasteiger partial charge in [0.25, 0.3) is 0 Å². The zero-order valence-electron chi connectivity index (χ0n) is 13.9. The molecule has 2 aromatic heterocycles. The fourth-order valence-electron chi connectivity index (χ4n) is 3.70. The Morgan fingerprint density at radius 1 is 1.42 bits per heavy atom. The molecule has 0 bridgehead atoms. The molecule has 1 atom stereocenters. The number of nitrogens with zero attached hydrogens (tertiary/aromatic N) is 3. The van der Waals surface area contributed by atoms with Gasteiger partial charge in [0.15, 0.2) is 6.04 Å². The van der Waals surface area contributed by atoms with Gasteiger partial charge in [0, 0.05) is 24.3 Å². The van der Waals surface area contributed by atoms with Crippen LogP contribution in [0.15, 0.2) is 30.6 Å². The number of aromatic hydroxyl groups is 1. The van der Waals surface area contributed by atoms with Crippen molar-refractivity contribution in [1.29, 1.82) is 0 Å². The van der Waals surface area contributed by atoms with Crippen LogP contribution in [-0.4, -0.2) is 38.7 Å². The van der Waals surface area contributed by atoms with Crippen molar-refractivity contribution in [3.8, 4) is 5.88 Å². The molecule has 0 unspecified atom stereocenters. The molecule has 1 aromatic carbocycles. The fourth-order valence-corrected chi connectivity index (χ4v) is 4.82. The van der Waals surface area contributed by atoms with Crippen LogP contribution in [0.2, 0.25) is 0 Å². The molecule has 136 valence electrons. The summed E-state index contributed by atoms with van der Waals surface area (Å²) in [6.45, 7) is 1.42. The van der Waals surface area contributed by atoms with Crippen molar-refractivity contribution in [2.24, 2.45) is 11.7 Å². The lowest BCUT2D eigenvalue weighted by molar-refractivity contribution is -0.930. The van der Waals surface area contributed by atoms with Crippen molar-refractivity contribution < 1.29 is 19.2 Å². The normalized spacial score (nSPS) is 21.7. The third kappa shape index (κ3) is 2.93. The second-order valence-corrected chi connectivity index (χ2v) is 7.58. The number of carbonyl (C=O) groups excluding carboxylic acids is 1. The van der Waals surface area contributed by atoms with E-state index in [4.69, 9.17) is 5.73 Å². The molecule has 9 heteroatoms. The van der Waals surface area contributed by atoms with Crippen LogP contribution in [0, 0.1) is 11.7 Å². The highest BCUT2D eigenvalue weighted by molar-refractivity contribution is 7.17. The van der Waals surface area contributed by atoms with Gasteiger partial charge < -0.3 is 15.7 Å². The van der Waals surface area contributed by atoms with Crippen molar-refractivity contribution in [1.82, 2.24) is 14.6 Å². The van der Waals surface area contributed by atoms with Gasteiger partial charge in [-0.3, -0.25) is 4.79 Å². The lowest BCUT2D eigenvalue weighted by atomic mass is 9.93. The first-order valence-electron chi connectivity index (χ1n) is 8.45. The second kappa shape index (κ2) is 6.65. The average molecular weight is 376 g/mol. The van der Waals surface area contributed by atoms with E-state index in [1.54, 1.807) is 6.07 Å². The molecule has 3 heterocycles. The van der Waals surface area contributed by atoms with Crippen LogP contribution < -0.4 is 10.6 Å². The second-order valence-electron chi connectivity index (χ2n) is 6.57. The number of nitrogens with one attached hydrogen (secondary N) is 1. The molecule has 3 aromatic rings. The van der Waals surface area contributed by atoms with E-state index in [2.05, 4.69) is 10.1 Å². The molecule has 1 fully saturated rings. The van der Waals surface area contributed by atoms with E-state index in [1.165, 1.54) is 34.3 Å². The third-order valence-corrected chi connectivity index (χ3v) is 6.12. The molecule has 0 spiro atoms. The van der Waals surface area contributed by atoms with E-state index in [9.17, 15) is 14.3 Å². The van der Waals surface area contributed by atoms with Crippen molar-refractivity contribution in [2.75, 3.05) is 13.1 Å². The van der Waals surface area contributed by atoms with E-state index in [0.29, 0.717) is 35.8 Å². The standard InChI is InChI=1S/C17H18FN5O2S/c18-12-3-1-2-11(8-12)13(22-6-4-10(5-7-22)15(19)24)14-16(25)23-17(26-14)20-9-21-23/h1-3,8-10,13,25H,4-7H2,(H2,19,24)/p+1/t13-/m1/s1. The molecular weight excluding hydrogens is 357 g/mol. The molecule has 1 aliphatic rings. The van der Waals surface area contributed by atoms with Gasteiger partial charge in [-0.25, -0.2) is 9.37 Å². The van der Waals surface area contributed by atoms with E-state index >= 15 is 0 Å². The number of halogens is 1. The summed E-state index contributed by atoms with van der Waals surface area (Å²) in [7, 11) is 0. The fraction of sp³-hybridized carbons (Fsp3) is 0.353. The van der Waals surface area contributed by atoms with Crippen LogP contribution in [0.25, 0.3) is 4.96 Å². The first-order chi connectivity index (χ1) is 12.5. The molecule has 1 saturated heterocycles. The number of likely N-dealkylation sites (tertiary alicyclic amines) is 1. The predicted octanol–water partition coefficient (Wildman–Crippen LogP) is 0.505. The van der Waals surface area contributed by atoms with Crippen molar-refractivity contribution in [2.45, 2.75) is 18.9 Å². The van der Waals surface area contributed by atoms with Crippen molar-refractivity contribution in [3.05, 3.63) is 46.9 Å². The Balaban J connectivity index is 1.74. The Hall–Kier alpha value is -2.52. The topological polar surface area (TPSA) is 98.0 Å². The lowest BCUT2D eigenvalue weighted by Crippen LogP contribution is -3.13. The first-order valence-corrected chi connectivity index (χ1v) is 9.27. The maximum absolute atomic E-state index is 13.9. The van der Waals surface area contributed by atoms with Crippen LogP contribution in [0.5, 0.6) is 5.88 Å². The lowest BCUT2D eigenvalue weighted by Gasteiger charge is -2.33. The van der Waals surface area contributed by atoms with Crippen LogP contribution >= 0.6 is 11.3 Å². The van der Waals surface area contributed by atoms with Crippen LogP contribution in [-0.2, 0) is 4.79 Å². The largest absolute Gasteiger partial charge is 0.492 e. The molecule has 4 N–H and O–H groups in total. The number of thiazole rings is 1. The first kappa shape index (κ1) is 16.9. The summed E-state index contributed by atoms with van der Waals surface area (Å²) in [5.41, 5.74) is 6.21. The van der Waals surface area contributed by atoms with Gasteiger partial charge in [0.2, 0.25) is 16.7 Å². The highest BCUT2D eigenvalue weighted by Gasteiger charge is 2.36. The van der Waals surface area contributed by atoms with Crippen LogP contribution in [0.1, 0.15) is 29.3 Å². The molecule has 7 nitrogen and oxygen atoms in total. The molecule has 0 saturated carbocycles. The molecule has 1 amide bonds. The summed E-state index contributed by atoms with van der Waals surface area (Å²) in [6, 6.07) is 6.16. The summed E-state index contributed by atoms with van der Waals surface area (Å²) in [5.74, 6) is -0.685. The number of nitrogens with two attached hydrogens (primary N) is 1. The third-order valence-electron chi connectivity index (χ3n) is 5.02. The summed E-state index contributed by atoms with van der Waals surface area (Å²) in [6.07, 6.45) is 2.74. The Bertz CT molecular complexity index is 948. The number of carbonyl (C=O) groups is 1. The minimum atomic E-state index is -0.321. The summed E-state index contributed by atoms with van der Waals surface area (Å²) in [4.78, 5) is 18.0. The molecule has 4 rings (SSSR count). The zero-order valence-corrected chi connectivity index (χ0v) is 14.7. The Morgan fingerprint density at radius 2 is 2.19 bits per heavy atom. The van der Waals surface area contributed by atoms with Crippen LogP contribution in [0.3, 0.4) is 0 Å². The van der Waals surface area contributed by atoms with E-state index in [1.807, 2.05) is 6.07 Å². The van der Waals surface area contributed by atoms with Gasteiger partial charge in [-0.1, -0.05) is 23.5 Å². The highest BCUT2D eigenvalue weighted by Crippen LogP contribution is 2.35. The van der Waals surface area contributed by atoms with Crippen molar-refractivity contribution in [3.63, 3.8) is 0 Å². The monoisotopic (exact) mass is 376 g/mol. The number of primary amides is 1. The quantitative estimate of drug-likeness (QED) is 0.618. The Kier molecular flexibility index (Phi) is 4.33. The van der Waals surface area contributed by atoms with Gasteiger partial charge in [0.1, 0.15) is 17.0 Å². The molecule has 0 radical (unpaired) electrons. The van der Waals surface area contributed by atoms with Gasteiger partial charge >= 0.3 is 0 Å². The number of piperidine rings is 1. The number of benzene rings is 1. The number of aromatic nitrogens is 3. The minimum Gasteiger partial charge on any atom is -0.492 e. The minimum absolute atomic E-state index is 0.0290. The smallest absolute Gasteiger partial charge is 0.235 e. The number of quaternary nitrogens is 1. The highest BCUT2D eigenvalue weighted by atomic mass is 32.1. The zero-order chi connectivity index (χ0) is 18.3. The summed E-state index contributed by atoms with van der Waals surface area (Å²) >= 11 is 1.34. The van der Waals surface area contributed by atoms with Gasteiger partial charge in [-0.2, -0.15) is 9.61 Å². The molecule has 1 aliphatic heterocycles. The predicted molar refractivity (Wildman–Crippen MR) is 93.4 cm³/mol. The SMILES string of the molecule is NC(=O)C1CC[NH+]([C@H](c2cccc(F)c2)c2sc3ncnn3c2O)CC1. The van der Waals surface area contributed by atoms with E-state index < -0.39 is 0 Å². The van der Waals surface area contributed by atoms with Crippen LogP contribution in [0.4, 0.5) is 4.39 Å². The summed E-state index contributed by atoms with van der Waals surface area (Å²) in [5, 5.41) is 14.7. The van der Waals surface area contributed by atoms with Crippen molar-refractivity contribution >= 4 is 22.2 Å². The Morgan fingerprint density at radius 3 is 2.85 bits per heavy atom. The van der Waals surface area contributed by atoms with E-state index in [-0.39, 0.29) is 29.6 Å². The maximum atomic E-state index is 13.9. The molecule has 26 heavy (non-hydrogen) atoms. The number of rotatable bonds is 4. The number of hydrogen-bond acceptors (Lipinski definition) is 5. The summed E-state index contributed by atoms with van der Waals surface area (Å²) < 4.78 is 15.3. The number of fused-ring (bicyclic) bond motifs is 1. The molecule has 0 aliphatic carbocycles. The Labute approximate surface area is 152 Å². The number of amides is 1. The molecular formula is C17H19FN5O2S+. The van der Waals surface area contributed by atoms with Gasteiger partial charge in [0.05, 0.1) is 13.1 Å². The maximum Gasteiger partial charge on any atom is 0.235 e. The van der Waals surface area contributed by atoms with Gasteiger partial charge in [-0.15, -0.1) is 0 Å². The van der Waals surface area contributed by atoms with Gasteiger partial charge in [-0.05, 0) is 12.1 Å². The average Bonchev–Trinajstić information content (AvgIpc) is 3.20.